The van der Waals surface area contributed by atoms with Gasteiger partial charge in [0, 0.05) is 44.0 Å². The van der Waals surface area contributed by atoms with Crippen molar-refractivity contribution in [3.63, 3.8) is 0 Å². The van der Waals surface area contributed by atoms with E-state index in [1.807, 2.05) is 12.3 Å². The number of nitrogens with zero attached hydrogens (tertiary/aromatic N) is 2. The van der Waals surface area contributed by atoms with Crippen LogP contribution in [0.5, 0.6) is 0 Å². The number of aromatic nitrogens is 1. The first-order valence-electron chi connectivity index (χ1n) is 6.38. The molecule has 114 valence electrons. The first-order valence-corrected chi connectivity index (χ1v) is 7.17. The zero-order valence-electron chi connectivity index (χ0n) is 11.6. The molecule has 0 amide bonds. The van der Waals surface area contributed by atoms with Crippen molar-refractivity contribution in [1.29, 1.82) is 0 Å². The van der Waals surface area contributed by atoms with Crippen LogP contribution in [0.15, 0.2) is 35.1 Å². The fraction of sp³-hybridized carbons (Fsp3) is 0.500. The van der Waals surface area contributed by atoms with Gasteiger partial charge in [-0.05, 0) is 35.3 Å². The van der Waals surface area contributed by atoms with Crippen LogP contribution in [-0.2, 0) is 0 Å². The van der Waals surface area contributed by atoms with Crippen molar-refractivity contribution < 1.29 is 0 Å². The third-order valence-electron chi connectivity index (χ3n) is 3.28. The minimum Gasteiger partial charge on any atom is -0.314 e. The van der Waals surface area contributed by atoms with Crippen LogP contribution >= 0.6 is 40.7 Å². The SMILES string of the molecule is C=C(C)C[C@@H](c1cccnc1Br)N1CCNCC1.Cl.Cl. The van der Waals surface area contributed by atoms with Crippen LogP contribution in [-0.4, -0.2) is 36.1 Å². The summed E-state index contributed by atoms with van der Waals surface area (Å²) in [6, 6.07) is 4.55. The lowest BCUT2D eigenvalue weighted by Gasteiger charge is -2.35. The monoisotopic (exact) mass is 381 g/mol. The van der Waals surface area contributed by atoms with Gasteiger partial charge in [0.25, 0.3) is 0 Å². The molecule has 1 fully saturated rings. The molecule has 1 N–H and O–H groups in total. The van der Waals surface area contributed by atoms with E-state index in [1.165, 1.54) is 11.1 Å². The number of nitrogens with one attached hydrogen (secondary N) is 1. The third-order valence-corrected chi connectivity index (χ3v) is 3.94. The molecule has 1 aliphatic rings. The van der Waals surface area contributed by atoms with Crippen LogP contribution in [0.1, 0.15) is 24.9 Å². The average Bonchev–Trinajstić information content (AvgIpc) is 2.38. The molecule has 1 aromatic heterocycles. The van der Waals surface area contributed by atoms with Gasteiger partial charge < -0.3 is 5.32 Å². The van der Waals surface area contributed by atoms with Crippen molar-refractivity contribution >= 4 is 40.7 Å². The highest BCUT2D eigenvalue weighted by Gasteiger charge is 2.23. The number of hydrogen-bond acceptors (Lipinski definition) is 3. The fourth-order valence-electron chi connectivity index (χ4n) is 2.41. The summed E-state index contributed by atoms with van der Waals surface area (Å²) in [5.41, 5.74) is 2.48. The van der Waals surface area contributed by atoms with E-state index < -0.39 is 0 Å². The average molecular weight is 383 g/mol. The Kier molecular flexibility index (Phi) is 9.68. The second-order valence-corrected chi connectivity index (χ2v) is 5.60. The normalized spacial score (nSPS) is 16.7. The van der Waals surface area contributed by atoms with E-state index in [2.05, 4.69) is 50.7 Å². The van der Waals surface area contributed by atoms with Gasteiger partial charge in [-0.25, -0.2) is 4.98 Å². The Morgan fingerprint density at radius 2 is 2.10 bits per heavy atom. The molecule has 1 aliphatic heterocycles. The van der Waals surface area contributed by atoms with Crippen LogP contribution in [0.4, 0.5) is 0 Å². The molecule has 2 rings (SSSR count). The summed E-state index contributed by atoms with van der Waals surface area (Å²) in [7, 11) is 0. The van der Waals surface area contributed by atoms with Crippen LogP contribution in [0.2, 0.25) is 0 Å². The van der Waals surface area contributed by atoms with Crippen molar-refractivity contribution in [2.24, 2.45) is 0 Å². The summed E-state index contributed by atoms with van der Waals surface area (Å²) in [5, 5.41) is 3.40. The van der Waals surface area contributed by atoms with Crippen molar-refractivity contribution in [3.05, 3.63) is 40.6 Å². The number of piperazine rings is 1. The number of hydrogen-bond donors (Lipinski definition) is 1. The molecular formula is C14H22BrCl2N3. The Morgan fingerprint density at radius 1 is 1.45 bits per heavy atom. The standard InChI is InChI=1S/C14H20BrN3.2ClH/c1-11(2)10-13(18-8-6-16-7-9-18)12-4-3-5-17-14(12)15;;/h3-5,13,16H,1,6-10H2,2H3;2*1H/t13-;;/m0../s1. The Morgan fingerprint density at radius 3 is 2.65 bits per heavy atom. The minimum atomic E-state index is 0. The molecule has 0 unspecified atom stereocenters. The lowest BCUT2D eigenvalue weighted by atomic mass is 9.99. The molecular weight excluding hydrogens is 361 g/mol. The molecule has 0 aromatic carbocycles. The zero-order chi connectivity index (χ0) is 13.0. The maximum Gasteiger partial charge on any atom is 0.110 e. The lowest BCUT2D eigenvalue weighted by molar-refractivity contribution is 0.171. The van der Waals surface area contributed by atoms with E-state index in [1.54, 1.807) is 0 Å². The van der Waals surface area contributed by atoms with Crippen LogP contribution in [0.3, 0.4) is 0 Å². The fourth-order valence-corrected chi connectivity index (χ4v) is 2.92. The Labute approximate surface area is 142 Å². The van der Waals surface area contributed by atoms with Gasteiger partial charge in [0.1, 0.15) is 4.60 Å². The molecule has 1 atom stereocenters. The van der Waals surface area contributed by atoms with Gasteiger partial charge in [-0.2, -0.15) is 0 Å². The summed E-state index contributed by atoms with van der Waals surface area (Å²) >= 11 is 3.57. The Balaban J connectivity index is 0.00000180. The molecule has 0 aliphatic carbocycles. The van der Waals surface area contributed by atoms with Crippen molar-refractivity contribution in [2.45, 2.75) is 19.4 Å². The third kappa shape index (κ3) is 5.34. The number of rotatable bonds is 4. The summed E-state index contributed by atoms with van der Waals surface area (Å²) < 4.78 is 0.954. The molecule has 2 heterocycles. The van der Waals surface area contributed by atoms with Gasteiger partial charge in [-0.15, -0.1) is 31.4 Å². The smallest absolute Gasteiger partial charge is 0.110 e. The maximum atomic E-state index is 4.35. The van der Waals surface area contributed by atoms with Gasteiger partial charge in [0.15, 0.2) is 0 Å². The topological polar surface area (TPSA) is 28.2 Å². The summed E-state index contributed by atoms with van der Waals surface area (Å²) in [4.78, 5) is 6.87. The van der Waals surface area contributed by atoms with Gasteiger partial charge in [0.2, 0.25) is 0 Å². The quantitative estimate of drug-likeness (QED) is 0.636. The molecule has 0 bridgehead atoms. The second kappa shape index (κ2) is 9.74. The molecule has 0 spiro atoms. The first-order chi connectivity index (χ1) is 8.68. The maximum absolute atomic E-state index is 4.35. The molecule has 0 radical (unpaired) electrons. The first kappa shape index (κ1) is 19.9. The predicted molar refractivity (Wildman–Crippen MR) is 93.0 cm³/mol. The van der Waals surface area contributed by atoms with E-state index in [-0.39, 0.29) is 24.8 Å². The highest BCUT2D eigenvalue weighted by molar-refractivity contribution is 9.10. The van der Waals surface area contributed by atoms with E-state index >= 15 is 0 Å². The van der Waals surface area contributed by atoms with Crippen molar-refractivity contribution in [3.8, 4) is 0 Å². The summed E-state index contributed by atoms with van der Waals surface area (Å²) in [6.07, 6.45) is 2.81. The van der Waals surface area contributed by atoms with Crippen LogP contribution < -0.4 is 5.32 Å². The number of halogens is 3. The van der Waals surface area contributed by atoms with Crippen LogP contribution in [0, 0.1) is 0 Å². The highest BCUT2D eigenvalue weighted by Crippen LogP contribution is 2.31. The Bertz CT molecular complexity index is 423. The Hall–Kier alpha value is -0.130. The molecule has 1 saturated heterocycles. The highest BCUT2D eigenvalue weighted by atomic mass is 79.9. The molecule has 6 heteroatoms. The largest absolute Gasteiger partial charge is 0.314 e. The van der Waals surface area contributed by atoms with Gasteiger partial charge in [-0.1, -0.05) is 11.6 Å². The molecule has 0 saturated carbocycles. The van der Waals surface area contributed by atoms with E-state index in [4.69, 9.17) is 0 Å². The molecule has 3 nitrogen and oxygen atoms in total. The van der Waals surface area contributed by atoms with E-state index in [9.17, 15) is 0 Å². The van der Waals surface area contributed by atoms with Crippen molar-refractivity contribution in [2.75, 3.05) is 26.2 Å². The van der Waals surface area contributed by atoms with E-state index in [0.717, 1.165) is 37.2 Å². The number of pyridine rings is 1. The minimum absolute atomic E-state index is 0. The molecule has 1 aromatic rings. The second-order valence-electron chi connectivity index (χ2n) is 4.85. The summed E-state index contributed by atoms with van der Waals surface area (Å²) in [5.74, 6) is 0. The van der Waals surface area contributed by atoms with Gasteiger partial charge in [-0.3, -0.25) is 4.90 Å². The van der Waals surface area contributed by atoms with Gasteiger partial charge >= 0.3 is 0 Å². The summed E-state index contributed by atoms with van der Waals surface area (Å²) in [6.45, 7) is 10.4. The molecule has 20 heavy (non-hydrogen) atoms. The van der Waals surface area contributed by atoms with Crippen molar-refractivity contribution in [1.82, 2.24) is 15.2 Å². The lowest BCUT2D eigenvalue weighted by Crippen LogP contribution is -2.45. The van der Waals surface area contributed by atoms with E-state index in [0.29, 0.717) is 6.04 Å². The van der Waals surface area contributed by atoms with Gasteiger partial charge in [0.05, 0.1) is 0 Å². The zero-order valence-corrected chi connectivity index (χ0v) is 14.9. The van der Waals surface area contributed by atoms with Crippen LogP contribution in [0.25, 0.3) is 0 Å². The predicted octanol–water partition coefficient (Wildman–Crippen LogP) is 3.60.